The van der Waals surface area contributed by atoms with Crippen LogP contribution in [0.2, 0.25) is 0 Å². The highest BCUT2D eigenvalue weighted by Crippen LogP contribution is 2.01. The van der Waals surface area contributed by atoms with E-state index in [4.69, 9.17) is 15.6 Å². The number of carboxylic acid groups (broad SMARTS) is 1. The molecule has 0 aliphatic heterocycles. The number of hydrogen-bond donors (Lipinski definition) is 3. The number of carboxylic acids is 1. The van der Waals surface area contributed by atoms with Crippen LogP contribution in [0, 0.1) is 0 Å². The lowest BCUT2D eigenvalue weighted by molar-refractivity contribution is -0.148. The van der Waals surface area contributed by atoms with Crippen molar-refractivity contribution in [1.82, 2.24) is 5.32 Å². The lowest BCUT2D eigenvalue weighted by atomic mass is 10.1. The largest absolute Gasteiger partial charge is 0.479 e. The Labute approximate surface area is 111 Å². The molecule has 0 bridgehead atoms. The molecule has 6 nitrogen and oxygen atoms in total. The standard InChI is InChI=1S/C13H18N2O4/c1-19-11(13(17)18)8-15-12(16)10(14)7-9-5-3-2-4-6-9/h2-6,10-11H,7-8,14H2,1H3,(H,15,16)(H,17,18). The number of benzene rings is 1. The zero-order valence-electron chi connectivity index (χ0n) is 10.7. The average molecular weight is 266 g/mol. The predicted octanol–water partition coefficient (Wildman–Crippen LogP) is -0.228. The van der Waals surface area contributed by atoms with Gasteiger partial charge in [0.2, 0.25) is 5.91 Å². The Balaban J connectivity index is 2.43. The minimum absolute atomic E-state index is 0.104. The zero-order chi connectivity index (χ0) is 14.3. The van der Waals surface area contributed by atoms with E-state index in [-0.39, 0.29) is 6.54 Å². The summed E-state index contributed by atoms with van der Waals surface area (Å²) in [6, 6.07) is 8.65. The van der Waals surface area contributed by atoms with Crippen LogP contribution < -0.4 is 11.1 Å². The Hall–Kier alpha value is -1.92. The van der Waals surface area contributed by atoms with Crippen LogP contribution in [0.25, 0.3) is 0 Å². The first kappa shape index (κ1) is 15.1. The van der Waals surface area contributed by atoms with Crippen LogP contribution in [0.4, 0.5) is 0 Å². The molecule has 6 heteroatoms. The summed E-state index contributed by atoms with van der Waals surface area (Å²) in [6.45, 7) is -0.104. The second kappa shape index (κ2) is 7.50. The molecule has 1 amide bonds. The first-order valence-electron chi connectivity index (χ1n) is 5.87. The number of aliphatic carboxylic acids is 1. The Kier molecular flexibility index (Phi) is 5.98. The number of carbonyl (C=O) groups excluding carboxylic acids is 1. The molecule has 1 aromatic carbocycles. The fourth-order valence-corrected chi connectivity index (χ4v) is 1.56. The molecule has 1 aromatic rings. The number of methoxy groups -OCH3 is 1. The Morgan fingerprint density at radius 2 is 2.00 bits per heavy atom. The van der Waals surface area contributed by atoms with Gasteiger partial charge in [0.25, 0.3) is 0 Å². The monoisotopic (exact) mass is 266 g/mol. The Morgan fingerprint density at radius 1 is 1.37 bits per heavy atom. The average Bonchev–Trinajstić information content (AvgIpc) is 2.39. The van der Waals surface area contributed by atoms with Gasteiger partial charge < -0.3 is 20.9 Å². The van der Waals surface area contributed by atoms with E-state index in [0.29, 0.717) is 6.42 Å². The van der Waals surface area contributed by atoms with Crippen LogP contribution in [-0.2, 0) is 20.7 Å². The molecule has 4 N–H and O–H groups in total. The Morgan fingerprint density at radius 3 is 2.53 bits per heavy atom. The maximum absolute atomic E-state index is 11.7. The van der Waals surface area contributed by atoms with Gasteiger partial charge in [0.15, 0.2) is 6.10 Å². The van der Waals surface area contributed by atoms with Crippen molar-refractivity contribution < 1.29 is 19.4 Å². The highest BCUT2D eigenvalue weighted by Gasteiger charge is 2.19. The van der Waals surface area contributed by atoms with Crippen LogP contribution >= 0.6 is 0 Å². The van der Waals surface area contributed by atoms with E-state index < -0.39 is 24.0 Å². The molecule has 0 saturated heterocycles. The van der Waals surface area contributed by atoms with Crippen molar-refractivity contribution in [1.29, 1.82) is 0 Å². The molecule has 0 spiro atoms. The van der Waals surface area contributed by atoms with Crippen molar-refractivity contribution in [2.75, 3.05) is 13.7 Å². The van der Waals surface area contributed by atoms with Gasteiger partial charge in [0, 0.05) is 7.11 Å². The smallest absolute Gasteiger partial charge is 0.334 e. The fourth-order valence-electron chi connectivity index (χ4n) is 1.56. The van der Waals surface area contributed by atoms with Crippen molar-refractivity contribution in [2.45, 2.75) is 18.6 Å². The summed E-state index contributed by atoms with van der Waals surface area (Å²) in [7, 11) is 1.27. The molecule has 2 unspecified atom stereocenters. The summed E-state index contributed by atoms with van der Waals surface area (Å²) in [5.41, 5.74) is 6.70. The van der Waals surface area contributed by atoms with Gasteiger partial charge >= 0.3 is 5.97 Å². The molecule has 1 rings (SSSR count). The molecule has 0 saturated carbocycles. The third kappa shape index (κ3) is 5.07. The maximum atomic E-state index is 11.7. The summed E-state index contributed by atoms with van der Waals surface area (Å²) in [5, 5.41) is 11.2. The van der Waals surface area contributed by atoms with Gasteiger partial charge in [0.05, 0.1) is 12.6 Å². The van der Waals surface area contributed by atoms with Crippen LogP contribution in [0.3, 0.4) is 0 Å². The van der Waals surface area contributed by atoms with Crippen molar-refractivity contribution >= 4 is 11.9 Å². The van der Waals surface area contributed by atoms with Gasteiger partial charge in [-0.15, -0.1) is 0 Å². The lowest BCUT2D eigenvalue weighted by Crippen LogP contribution is -2.46. The van der Waals surface area contributed by atoms with Crippen molar-refractivity contribution in [3.63, 3.8) is 0 Å². The topological polar surface area (TPSA) is 102 Å². The number of amides is 1. The highest BCUT2D eigenvalue weighted by atomic mass is 16.5. The lowest BCUT2D eigenvalue weighted by Gasteiger charge is -2.15. The molecule has 0 heterocycles. The highest BCUT2D eigenvalue weighted by molar-refractivity contribution is 5.82. The summed E-state index contributed by atoms with van der Waals surface area (Å²) >= 11 is 0. The molecule has 104 valence electrons. The number of rotatable bonds is 7. The van der Waals surface area contributed by atoms with E-state index in [1.807, 2.05) is 30.3 Å². The summed E-state index contributed by atoms with van der Waals surface area (Å²) in [6.07, 6.45) is -0.662. The van der Waals surface area contributed by atoms with Crippen molar-refractivity contribution in [3.05, 3.63) is 35.9 Å². The van der Waals surface area contributed by atoms with Gasteiger partial charge in [-0.25, -0.2) is 4.79 Å². The molecule has 0 fully saturated rings. The quantitative estimate of drug-likeness (QED) is 0.633. The summed E-state index contributed by atoms with van der Waals surface area (Å²) in [4.78, 5) is 22.4. The van der Waals surface area contributed by atoms with E-state index in [0.717, 1.165) is 5.56 Å². The zero-order valence-corrected chi connectivity index (χ0v) is 10.7. The van der Waals surface area contributed by atoms with E-state index in [2.05, 4.69) is 5.32 Å². The number of ether oxygens (including phenoxy) is 1. The SMILES string of the molecule is COC(CNC(=O)C(N)Cc1ccccc1)C(=O)O. The molecule has 0 aromatic heterocycles. The second-order valence-electron chi connectivity index (χ2n) is 4.10. The number of carbonyl (C=O) groups is 2. The molecule has 0 aliphatic carbocycles. The molecule has 2 atom stereocenters. The maximum Gasteiger partial charge on any atom is 0.334 e. The summed E-state index contributed by atoms with van der Waals surface area (Å²) in [5.74, 6) is -1.52. The third-order valence-electron chi connectivity index (χ3n) is 2.66. The van der Waals surface area contributed by atoms with Crippen LogP contribution in [0.15, 0.2) is 30.3 Å². The molecule has 19 heavy (non-hydrogen) atoms. The van der Waals surface area contributed by atoms with E-state index >= 15 is 0 Å². The van der Waals surface area contributed by atoms with Crippen LogP contribution in [0.1, 0.15) is 5.56 Å². The second-order valence-corrected chi connectivity index (χ2v) is 4.10. The van der Waals surface area contributed by atoms with Crippen LogP contribution in [-0.4, -0.2) is 42.8 Å². The molecule has 0 radical (unpaired) electrons. The van der Waals surface area contributed by atoms with Gasteiger partial charge in [-0.1, -0.05) is 30.3 Å². The molecular formula is C13H18N2O4. The van der Waals surface area contributed by atoms with Crippen molar-refractivity contribution in [2.24, 2.45) is 5.73 Å². The van der Waals surface area contributed by atoms with E-state index in [1.165, 1.54) is 7.11 Å². The fraction of sp³-hybridized carbons (Fsp3) is 0.385. The Bertz CT molecular complexity index is 422. The molecule has 0 aliphatic rings. The van der Waals surface area contributed by atoms with Gasteiger partial charge in [-0.05, 0) is 12.0 Å². The van der Waals surface area contributed by atoms with E-state index in [9.17, 15) is 9.59 Å². The number of nitrogens with two attached hydrogens (primary N) is 1. The van der Waals surface area contributed by atoms with Crippen molar-refractivity contribution in [3.8, 4) is 0 Å². The first-order chi connectivity index (χ1) is 9.04. The third-order valence-corrected chi connectivity index (χ3v) is 2.66. The number of nitrogens with one attached hydrogen (secondary N) is 1. The predicted molar refractivity (Wildman–Crippen MR) is 69.6 cm³/mol. The van der Waals surface area contributed by atoms with E-state index in [1.54, 1.807) is 0 Å². The van der Waals surface area contributed by atoms with Gasteiger partial charge in [-0.2, -0.15) is 0 Å². The minimum Gasteiger partial charge on any atom is -0.479 e. The van der Waals surface area contributed by atoms with Gasteiger partial charge in [0.1, 0.15) is 0 Å². The normalized spacial score (nSPS) is 13.6. The molecular weight excluding hydrogens is 248 g/mol. The summed E-state index contributed by atoms with van der Waals surface area (Å²) < 4.78 is 4.71. The van der Waals surface area contributed by atoms with Crippen LogP contribution in [0.5, 0.6) is 0 Å². The number of hydrogen-bond acceptors (Lipinski definition) is 4. The first-order valence-corrected chi connectivity index (χ1v) is 5.87. The van der Waals surface area contributed by atoms with Gasteiger partial charge in [-0.3, -0.25) is 4.79 Å². The minimum atomic E-state index is -1.13.